The van der Waals surface area contributed by atoms with Crippen LogP contribution in [-0.2, 0) is 0 Å². The summed E-state index contributed by atoms with van der Waals surface area (Å²) in [5.74, 6) is 0. The highest BCUT2D eigenvalue weighted by Gasteiger charge is 2.19. The molecule has 0 fully saturated rings. The predicted molar refractivity (Wildman–Crippen MR) is 64.1 cm³/mol. The lowest BCUT2D eigenvalue weighted by Crippen LogP contribution is -2.19. The SMILES string of the molecule is CC(NCCCO)c1cc([N+](=O)[O-])c(Cl)s1. The molecular formula is C9H13ClN2O3S. The first-order valence-electron chi connectivity index (χ1n) is 4.84. The van der Waals surface area contributed by atoms with E-state index in [9.17, 15) is 10.1 Å². The van der Waals surface area contributed by atoms with Crippen molar-refractivity contribution in [2.45, 2.75) is 19.4 Å². The Morgan fingerprint density at radius 2 is 2.44 bits per heavy atom. The van der Waals surface area contributed by atoms with Gasteiger partial charge in [0.15, 0.2) is 4.34 Å². The van der Waals surface area contributed by atoms with Crippen molar-refractivity contribution >= 4 is 28.6 Å². The number of aliphatic hydroxyl groups excluding tert-OH is 1. The third-order valence-electron chi connectivity index (χ3n) is 2.10. The molecule has 1 unspecified atom stereocenters. The highest BCUT2D eigenvalue weighted by atomic mass is 35.5. The molecule has 90 valence electrons. The monoisotopic (exact) mass is 264 g/mol. The number of halogens is 1. The minimum absolute atomic E-state index is 0.00255. The summed E-state index contributed by atoms with van der Waals surface area (Å²) in [5.41, 5.74) is -0.0440. The summed E-state index contributed by atoms with van der Waals surface area (Å²) in [6.45, 7) is 2.70. The van der Waals surface area contributed by atoms with E-state index < -0.39 is 4.92 Å². The molecule has 5 nitrogen and oxygen atoms in total. The van der Waals surface area contributed by atoms with Crippen LogP contribution in [0.1, 0.15) is 24.3 Å². The zero-order valence-electron chi connectivity index (χ0n) is 8.77. The Morgan fingerprint density at radius 1 is 1.75 bits per heavy atom. The molecule has 0 saturated heterocycles. The van der Waals surface area contributed by atoms with Gasteiger partial charge in [0.05, 0.1) is 4.92 Å². The van der Waals surface area contributed by atoms with Gasteiger partial charge in [0.2, 0.25) is 0 Å². The van der Waals surface area contributed by atoms with E-state index >= 15 is 0 Å². The zero-order valence-corrected chi connectivity index (χ0v) is 10.3. The number of nitrogens with zero attached hydrogens (tertiary/aromatic N) is 1. The van der Waals surface area contributed by atoms with E-state index in [0.29, 0.717) is 13.0 Å². The Balaban J connectivity index is 2.65. The number of aliphatic hydroxyl groups is 1. The third kappa shape index (κ3) is 3.41. The lowest BCUT2D eigenvalue weighted by molar-refractivity contribution is -0.384. The lowest BCUT2D eigenvalue weighted by atomic mass is 10.2. The molecule has 16 heavy (non-hydrogen) atoms. The van der Waals surface area contributed by atoms with Crippen molar-refractivity contribution in [3.8, 4) is 0 Å². The first kappa shape index (κ1) is 13.4. The molecule has 0 aliphatic carbocycles. The predicted octanol–water partition coefficient (Wildman–Crippen LogP) is 2.34. The van der Waals surface area contributed by atoms with Crippen LogP contribution in [0, 0.1) is 10.1 Å². The van der Waals surface area contributed by atoms with E-state index in [1.54, 1.807) is 0 Å². The van der Waals surface area contributed by atoms with Gasteiger partial charge < -0.3 is 10.4 Å². The second-order valence-corrected chi connectivity index (χ2v) is 5.00. The molecular weight excluding hydrogens is 252 g/mol. The molecule has 0 aliphatic heterocycles. The molecule has 2 N–H and O–H groups in total. The second-order valence-electron chi connectivity index (χ2n) is 3.32. The van der Waals surface area contributed by atoms with Crippen molar-refractivity contribution in [2.24, 2.45) is 0 Å². The van der Waals surface area contributed by atoms with Gasteiger partial charge in [-0.3, -0.25) is 10.1 Å². The molecule has 0 amide bonds. The molecule has 0 bridgehead atoms. The summed E-state index contributed by atoms with van der Waals surface area (Å²) < 4.78 is 0.204. The highest BCUT2D eigenvalue weighted by molar-refractivity contribution is 7.16. The fourth-order valence-electron chi connectivity index (χ4n) is 1.21. The summed E-state index contributed by atoms with van der Waals surface area (Å²) in [4.78, 5) is 10.9. The summed E-state index contributed by atoms with van der Waals surface area (Å²) in [6, 6.07) is 1.49. The van der Waals surface area contributed by atoms with E-state index in [-0.39, 0.29) is 22.7 Å². The van der Waals surface area contributed by atoms with Crippen LogP contribution in [0.5, 0.6) is 0 Å². The maximum Gasteiger partial charge on any atom is 0.299 e. The summed E-state index contributed by atoms with van der Waals surface area (Å²) in [7, 11) is 0. The second kappa shape index (κ2) is 6.15. The van der Waals surface area contributed by atoms with E-state index in [0.717, 1.165) is 4.88 Å². The molecule has 1 aromatic rings. The van der Waals surface area contributed by atoms with E-state index in [1.807, 2.05) is 6.92 Å². The fourth-order valence-corrected chi connectivity index (χ4v) is 2.48. The van der Waals surface area contributed by atoms with Crippen molar-refractivity contribution in [1.29, 1.82) is 0 Å². The van der Waals surface area contributed by atoms with Crippen molar-refractivity contribution < 1.29 is 10.0 Å². The van der Waals surface area contributed by atoms with Crippen LogP contribution in [-0.4, -0.2) is 23.2 Å². The van der Waals surface area contributed by atoms with Crippen LogP contribution >= 0.6 is 22.9 Å². The summed E-state index contributed by atoms with van der Waals surface area (Å²) in [5, 5.41) is 22.4. The molecule has 1 atom stereocenters. The van der Waals surface area contributed by atoms with Gasteiger partial charge in [-0.2, -0.15) is 0 Å². The van der Waals surface area contributed by atoms with Gasteiger partial charge in [0.1, 0.15) is 0 Å². The number of rotatable bonds is 6. The molecule has 0 aliphatic rings. The third-order valence-corrected chi connectivity index (χ3v) is 3.62. The highest BCUT2D eigenvalue weighted by Crippen LogP contribution is 2.36. The van der Waals surface area contributed by atoms with Crippen LogP contribution in [0.4, 0.5) is 5.69 Å². The van der Waals surface area contributed by atoms with Crippen LogP contribution < -0.4 is 5.32 Å². The molecule has 1 aromatic heterocycles. The number of nitrogens with one attached hydrogen (secondary N) is 1. The molecule has 1 heterocycles. The smallest absolute Gasteiger partial charge is 0.299 e. The number of thiophene rings is 1. The zero-order chi connectivity index (χ0) is 12.1. The molecule has 0 saturated carbocycles. The van der Waals surface area contributed by atoms with Crippen molar-refractivity contribution in [2.75, 3.05) is 13.2 Å². The van der Waals surface area contributed by atoms with Gasteiger partial charge in [0, 0.05) is 23.6 Å². The van der Waals surface area contributed by atoms with Gasteiger partial charge in [-0.1, -0.05) is 11.6 Å². The number of nitro groups is 1. The van der Waals surface area contributed by atoms with E-state index in [2.05, 4.69) is 5.32 Å². The normalized spacial score (nSPS) is 12.7. The lowest BCUT2D eigenvalue weighted by Gasteiger charge is -2.10. The minimum atomic E-state index is -0.483. The maximum atomic E-state index is 10.6. The average molecular weight is 265 g/mol. The van der Waals surface area contributed by atoms with Crippen molar-refractivity contribution in [3.05, 3.63) is 25.4 Å². The standard InChI is InChI=1S/C9H13ClN2O3S/c1-6(11-3-2-4-13)8-5-7(12(14)15)9(10)16-8/h5-6,11,13H,2-4H2,1H3. The van der Waals surface area contributed by atoms with Crippen LogP contribution in [0.25, 0.3) is 0 Å². The average Bonchev–Trinajstić information content (AvgIpc) is 2.60. The van der Waals surface area contributed by atoms with Crippen molar-refractivity contribution in [3.63, 3.8) is 0 Å². The van der Waals surface area contributed by atoms with Crippen LogP contribution in [0.2, 0.25) is 4.34 Å². The van der Waals surface area contributed by atoms with Crippen LogP contribution in [0.15, 0.2) is 6.07 Å². The van der Waals surface area contributed by atoms with Crippen LogP contribution in [0.3, 0.4) is 0 Å². The molecule has 7 heteroatoms. The maximum absolute atomic E-state index is 10.6. The molecule has 0 aromatic carbocycles. The fraction of sp³-hybridized carbons (Fsp3) is 0.556. The summed E-state index contributed by atoms with van der Waals surface area (Å²) in [6.07, 6.45) is 0.658. The van der Waals surface area contributed by atoms with Gasteiger partial charge >= 0.3 is 0 Å². The first-order valence-corrected chi connectivity index (χ1v) is 6.03. The first-order chi connectivity index (χ1) is 7.56. The Hall–Kier alpha value is -0.690. The Bertz CT molecular complexity index is 370. The van der Waals surface area contributed by atoms with E-state index in [1.165, 1.54) is 17.4 Å². The molecule has 0 spiro atoms. The minimum Gasteiger partial charge on any atom is -0.396 e. The van der Waals surface area contributed by atoms with Gasteiger partial charge in [0.25, 0.3) is 5.69 Å². The van der Waals surface area contributed by atoms with Gasteiger partial charge in [-0.15, -0.1) is 11.3 Å². The van der Waals surface area contributed by atoms with Gasteiger partial charge in [-0.05, 0) is 19.9 Å². The van der Waals surface area contributed by atoms with E-state index in [4.69, 9.17) is 16.7 Å². The Morgan fingerprint density at radius 3 is 2.94 bits per heavy atom. The largest absolute Gasteiger partial charge is 0.396 e. The Labute approximate surface area is 102 Å². The topological polar surface area (TPSA) is 75.4 Å². The molecule has 1 rings (SSSR count). The summed E-state index contributed by atoms with van der Waals surface area (Å²) >= 11 is 6.96. The van der Waals surface area contributed by atoms with Crippen molar-refractivity contribution in [1.82, 2.24) is 5.32 Å². The quantitative estimate of drug-likeness (QED) is 0.470. The number of hydrogen-bond acceptors (Lipinski definition) is 5. The Kier molecular flexibility index (Phi) is 5.14. The van der Waals surface area contributed by atoms with Gasteiger partial charge in [-0.25, -0.2) is 0 Å². The number of hydrogen-bond donors (Lipinski definition) is 2. The molecule has 0 radical (unpaired) electrons.